The van der Waals surface area contributed by atoms with Gasteiger partial charge >= 0.3 is 0 Å². The minimum atomic E-state index is -0.439. The van der Waals surface area contributed by atoms with Gasteiger partial charge in [-0.15, -0.1) is 0 Å². The predicted octanol–water partition coefficient (Wildman–Crippen LogP) is 1.36. The van der Waals surface area contributed by atoms with E-state index < -0.39 is 5.79 Å². The average Bonchev–Trinajstić information content (AvgIpc) is 3.04. The molecule has 2 saturated heterocycles. The molecule has 24 heavy (non-hydrogen) atoms. The Morgan fingerprint density at radius 1 is 1.25 bits per heavy atom. The van der Waals surface area contributed by atoms with E-state index in [1.54, 1.807) is 12.1 Å². The molecule has 2 aliphatic rings. The maximum atomic E-state index is 12.5. The lowest BCUT2D eigenvalue weighted by Crippen LogP contribution is -2.49. The van der Waals surface area contributed by atoms with Crippen LogP contribution in [0.25, 0.3) is 0 Å². The fourth-order valence-electron chi connectivity index (χ4n) is 3.27. The summed E-state index contributed by atoms with van der Waals surface area (Å²) in [5.41, 5.74) is 1.74. The first-order valence-electron chi connectivity index (χ1n) is 8.33. The van der Waals surface area contributed by atoms with Crippen molar-refractivity contribution in [1.29, 1.82) is 5.26 Å². The number of benzene rings is 1. The van der Waals surface area contributed by atoms with Crippen molar-refractivity contribution < 1.29 is 14.3 Å². The Labute approximate surface area is 142 Å². The van der Waals surface area contributed by atoms with Crippen LogP contribution in [-0.4, -0.2) is 61.4 Å². The summed E-state index contributed by atoms with van der Waals surface area (Å²) >= 11 is 0. The van der Waals surface area contributed by atoms with Crippen molar-refractivity contribution in [1.82, 2.24) is 9.80 Å². The number of carbonyl (C=O) groups excluding carboxylic acids is 1. The third-order valence-electron chi connectivity index (χ3n) is 4.63. The molecule has 2 fully saturated rings. The van der Waals surface area contributed by atoms with Crippen molar-refractivity contribution in [2.45, 2.75) is 25.2 Å². The van der Waals surface area contributed by atoms with Gasteiger partial charge in [-0.2, -0.15) is 5.26 Å². The maximum Gasteiger partial charge on any atom is 0.236 e. The molecule has 1 spiro atoms. The molecular weight excluding hydrogens is 306 g/mol. The van der Waals surface area contributed by atoms with Crippen LogP contribution in [0.5, 0.6) is 0 Å². The summed E-state index contributed by atoms with van der Waals surface area (Å²) in [7, 11) is 1.94. The number of hydrogen-bond donors (Lipinski definition) is 0. The fraction of sp³-hybridized carbons (Fsp3) is 0.556. The summed E-state index contributed by atoms with van der Waals surface area (Å²) in [5, 5.41) is 8.82. The molecular formula is C18H23N3O3. The molecule has 1 aromatic rings. The molecule has 0 radical (unpaired) electrons. The smallest absolute Gasteiger partial charge is 0.236 e. The zero-order valence-corrected chi connectivity index (χ0v) is 14.0. The lowest BCUT2D eigenvalue weighted by molar-refractivity contribution is -0.187. The second kappa shape index (κ2) is 7.31. The second-order valence-electron chi connectivity index (χ2n) is 6.47. The van der Waals surface area contributed by atoms with Crippen molar-refractivity contribution >= 4 is 5.91 Å². The molecule has 128 valence electrons. The first kappa shape index (κ1) is 16.9. The number of carbonyl (C=O) groups is 1. The van der Waals surface area contributed by atoms with E-state index in [-0.39, 0.29) is 5.91 Å². The highest BCUT2D eigenvalue weighted by atomic mass is 16.7. The van der Waals surface area contributed by atoms with Crippen LogP contribution >= 0.6 is 0 Å². The number of nitrogens with zero attached hydrogens (tertiary/aromatic N) is 3. The Balaban J connectivity index is 1.46. The van der Waals surface area contributed by atoms with Crippen LogP contribution in [0.15, 0.2) is 24.3 Å². The van der Waals surface area contributed by atoms with E-state index in [0.29, 0.717) is 45.0 Å². The molecule has 2 aliphatic heterocycles. The van der Waals surface area contributed by atoms with Gasteiger partial charge < -0.3 is 14.4 Å². The van der Waals surface area contributed by atoms with Gasteiger partial charge in [-0.3, -0.25) is 9.69 Å². The standard InChI is InChI=1S/C18H23N3O3/c1-20(13-16-4-2-15(12-19)3-5-16)14-17(22)21-8-6-18(7-9-21)23-10-11-24-18/h2-5H,6-11,13-14H2,1H3. The van der Waals surface area contributed by atoms with Crippen LogP contribution in [0.1, 0.15) is 24.0 Å². The Hall–Kier alpha value is -1.94. The van der Waals surface area contributed by atoms with Gasteiger partial charge in [0.2, 0.25) is 5.91 Å². The van der Waals surface area contributed by atoms with Gasteiger partial charge in [-0.25, -0.2) is 0 Å². The van der Waals surface area contributed by atoms with Gasteiger partial charge in [-0.1, -0.05) is 12.1 Å². The van der Waals surface area contributed by atoms with E-state index in [0.717, 1.165) is 18.4 Å². The number of nitriles is 1. The van der Waals surface area contributed by atoms with Crippen LogP contribution in [0, 0.1) is 11.3 Å². The second-order valence-corrected chi connectivity index (χ2v) is 6.47. The van der Waals surface area contributed by atoms with Crippen molar-refractivity contribution in [2.75, 3.05) is 39.9 Å². The van der Waals surface area contributed by atoms with Crippen LogP contribution < -0.4 is 0 Å². The molecule has 0 saturated carbocycles. The van der Waals surface area contributed by atoms with Gasteiger partial charge in [-0.05, 0) is 24.7 Å². The number of rotatable bonds is 4. The van der Waals surface area contributed by atoms with Crippen LogP contribution in [0.4, 0.5) is 0 Å². The molecule has 0 unspecified atom stereocenters. The zero-order valence-electron chi connectivity index (χ0n) is 14.0. The van der Waals surface area contributed by atoms with Gasteiger partial charge in [0, 0.05) is 32.5 Å². The minimum absolute atomic E-state index is 0.138. The topological polar surface area (TPSA) is 65.8 Å². The molecule has 0 atom stereocenters. The molecule has 1 amide bonds. The van der Waals surface area contributed by atoms with Gasteiger partial charge in [0.25, 0.3) is 0 Å². The minimum Gasteiger partial charge on any atom is -0.347 e. The van der Waals surface area contributed by atoms with Crippen molar-refractivity contribution in [3.63, 3.8) is 0 Å². The zero-order chi connectivity index (χ0) is 17.0. The van der Waals surface area contributed by atoms with Crippen molar-refractivity contribution in [3.05, 3.63) is 35.4 Å². The number of ether oxygens (including phenoxy) is 2. The Morgan fingerprint density at radius 2 is 1.88 bits per heavy atom. The molecule has 0 aliphatic carbocycles. The summed E-state index contributed by atoms with van der Waals surface area (Å²) in [5.74, 6) is -0.301. The number of hydrogen-bond acceptors (Lipinski definition) is 5. The van der Waals surface area contributed by atoms with E-state index in [4.69, 9.17) is 14.7 Å². The Bertz CT molecular complexity index is 607. The molecule has 0 bridgehead atoms. The molecule has 3 rings (SSSR count). The molecule has 1 aromatic carbocycles. The highest BCUT2D eigenvalue weighted by Gasteiger charge is 2.40. The van der Waals surface area contributed by atoms with Gasteiger partial charge in [0.1, 0.15) is 0 Å². The fourth-order valence-corrected chi connectivity index (χ4v) is 3.27. The SMILES string of the molecule is CN(CC(=O)N1CCC2(CC1)OCCO2)Cc1ccc(C#N)cc1. The molecule has 0 N–H and O–H groups in total. The molecule has 0 aromatic heterocycles. The lowest BCUT2D eigenvalue weighted by Gasteiger charge is -2.38. The van der Waals surface area contributed by atoms with Crippen molar-refractivity contribution in [2.24, 2.45) is 0 Å². The third kappa shape index (κ3) is 3.93. The summed E-state index contributed by atoms with van der Waals surface area (Å²) in [6, 6.07) is 9.57. The van der Waals surface area contributed by atoms with E-state index in [1.165, 1.54) is 0 Å². The Kier molecular flexibility index (Phi) is 5.14. The maximum absolute atomic E-state index is 12.5. The number of likely N-dealkylation sites (N-methyl/N-ethyl adjacent to an activating group) is 1. The lowest BCUT2D eigenvalue weighted by atomic mass is 10.0. The van der Waals surface area contributed by atoms with E-state index in [2.05, 4.69) is 6.07 Å². The summed E-state index contributed by atoms with van der Waals surface area (Å²) in [4.78, 5) is 16.4. The molecule has 6 heteroatoms. The molecule has 6 nitrogen and oxygen atoms in total. The molecule has 2 heterocycles. The normalized spacial score (nSPS) is 19.6. The van der Waals surface area contributed by atoms with Crippen LogP contribution in [0.2, 0.25) is 0 Å². The van der Waals surface area contributed by atoms with E-state index >= 15 is 0 Å². The van der Waals surface area contributed by atoms with Crippen molar-refractivity contribution in [3.8, 4) is 6.07 Å². The first-order valence-corrected chi connectivity index (χ1v) is 8.33. The highest BCUT2D eigenvalue weighted by molar-refractivity contribution is 5.78. The number of likely N-dealkylation sites (tertiary alicyclic amines) is 1. The van der Waals surface area contributed by atoms with E-state index in [9.17, 15) is 4.79 Å². The number of piperidine rings is 1. The summed E-state index contributed by atoms with van der Waals surface area (Å²) in [6.07, 6.45) is 1.50. The first-order chi connectivity index (χ1) is 11.6. The van der Waals surface area contributed by atoms with Crippen LogP contribution in [-0.2, 0) is 20.8 Å². The monoisotopic (exact) mass is 329 g/mol. The summed E-state index contributed by atoms with van der Waals surface area (Å²) in [6.45, 7) is 3.74. The van der Waals surface area contributed by atoms with Crippen LogP contribution in [0.3, 0.4) is 0 Å². The number of amides is 1. The Morgan fingerprint density at radius 3 is 2.46 bits per heavy atom. The van der Waals surface area contributed by atoms with E-state index in [1.807, 2.05) is 29.0 Å². The summed E-state index contributed by atoms with van der Waals surface area (Å²) < 4.78 is 11.4. The highest BCUT2D eigenvalue weighted by Crippen LogP contribution is 2.31. The van der Waals surface area contributed by atoms with Gasteiger partial charge in [0.15, 0.2) is 5.79 Å². The largest absolute Gasteiger partial charge is 0.347 e. The van der Waals surface area contributed by atoms with Gasteiger partial charge in [0.05, 0.1) is 31.4 Å². The third-order valence-corrected chi connectivity index (χ3v) is 4.63. The predicted molar refractivity (Wildman–Crippen MR) is 87.9 cm³/mol. The quantitative estimate of drug-likeness (QED) is 0.834. The average molecular weight is 329 g/mol.